The van der Waals surface area contributed by atoms with Crippen LogP contribution in [0.1, 0.15) is 10.4 Å². The molecule has 7 heteroatoms. The maximum Gasteiger partial charge on any atom is 0.258 e. The number of phenolic OH excluding ortho intramolecular Hbond substituents is 1. The van der Waals surface area contributed by atoms with Gasteiger partial charge in [-0.25, -0.2) is 0 Å². The summed E-state index contributed by atoms with van der Waals surface area (Å²) in [6, 6.07) is 17.9. The third kappa shape index (κ3) is 4.80. The Balaban J connectivity index is 1.43. The van der Waals surface area contributed by atoms with Crippen molar-refractivity contribution in [3.8, 4) is 11.5 Å². The molecular weight excluding hydrogens is 424 g/mol. The Morgan fingerprint density at radius 3 is 2.46 bits per heavy atom. The van der Waals surface area contributed by atoms with Gasteiger partial charge in [-0.15, -0.1) is 0 Å². The topological polar surface area (TPSA) is 87.7 Å². The minimum absolute atomic E-state index is 0.0848. The van der Waals surface area contributed by atoms with Gasteiger partial charge >= 0.3 is 0 Å². The van der Waals surface area contributed by atoms with Crippen LogP contribution in [-0.4, -0.2) is 36.6 Å². The molecule has 0 fully saturated rings. The van der Waals surface area contributed by atoms with Crippen molar-refractivity contribution in [2.24, 2.45) is 0 Å². The second-order valence-corrected chi connectivity index (χ2v) is 6.80. The predicted octanol–water partition coefficient (Wildman–Crippen LogP) is 3.23. The quantitative estimate of drug-likeness (QED) is 0.490. The lowest BCUT2D eigenvalue weighted by Gasteiger charge is -2.11. The number of carbonyl (C=O) groups excluding carboxylic acids is 2. The van der Waals surface area contributed by atoms with Gasteiger partial charge < -0.3 is 20.5 Å². The molecular formula is C21H19BrN2O4. The highest BCUT2D eigenvalue weighted by molar-refractivity contribution is 9.10. The molecule has 144 valence electrons. The highest BCUT2D eigenvalue weighted by Gasteiger charge is 2.10. The van der Waals surface area contributed by atoms with Gasteiger partial charge in [0, 0.05) is 13.1 Å². The first-order valence-corrected chi connectivity index (χ1v) is 9.48. The number of carbonyl (C=O) groups is 2. The van der Waals surface area contributed by atoms with E-state index < -0.39 is 5.91 Å². The van der Waals surface area contributed by atoms with Crippen LogP contribution >= 0.6 is 15.9 Å². The highest BCUT2D eigenvalue weighted by Crippen LogP contribution is 2.32. The van der Waals surface area contributed by atoms with Crippen molar-refractivity contribution in [2.45, 2.75) is 0 Å². The van der Waals surface area contributed by atoms with Crippen molar-refractivity contribution >= 4 is 38.5 Å². The first kappa shape index (κ1) is 19.7. The van der Waals surface area contributed by atoms with Gasteiger partial charge in [-0.2, -0.15) is 0 Å². The van der Waals surface area contributed by atoms with E-state index in [0.717, 1.165) is 15.2 Å². The van der Waals surface area contributed by atoms with Crippen LogP contribution in [0.2, 0.25) is 0 Å². The second-order valence-electron chi connectivity index (χ2n) is 6.01. The molecule has 0 aliphatic rings. The van der Waals surface area contributed by atoms with E-state index in [-0.39, 0.29) is 36.9 Å². The maximum absolute atomic E-state index is 12.0. The molecule has 0 unspecified atom stereocenters. The molecule has 28 heavy (non-hydrogen) atoms. The second kappa shape index (κ2) is 9.23. The number of fused-ring (bicyclic) bond motifs is 1. The van der Waals surface area contributed by atoms with Crippen molar-refractivity contribution in [2.75, 3.05) is 19.7 Å². The number of ether oxygens (including phenoxy) is 1. The number of benzene rings is 3. The number of amides is 2. The van der Waals surface area contributed by atoms with E-state index in [0.29, 0.717) is 5.75 Å². The van der Waals surface area contributed by atoms with Crippen LogP contribution in [0.25, 0.3) is 10.8 Å². The summed E-state index contributed by atoms with van der Waals surface area (Å²) < 4.78 is 6.39. The first-order chi connectivity index (χ1) is 13.6. The SMILES string of the molecule is O=C(COc1ccc2ccccc2c1Br)NCCNC(=O)c1ccccc1O. The van der Waals surface area contributed by atoms with Gasteiger partial charge in [0.15, 0.2) is 6.61 Å². The number of nitrogens with one attached hydrogen (secondary N) is 2. The molecule has 3 aromatic rings. The van der Waals surface area contributed by atoms with E-state index in [2.05, 4.69) is 26.6 Å². The monoisotopic (exact) mass is 442 g/mol. The van der Waals surface area contributed by atoms with Crippen LogP contribution in [0.15, 0.2) is 65.1 Å². The molecule has 0 aliphatic carbocycles. The molecule has 0 saturated carbocycles. The number of aromatic hydroxyl groups is 1. The van der Waals surface area contributed by atoms with Crippen molar-refractivity contribution in [3.63, 3.8) is 0 Å². The third-order valence-electron chi connectivity index (χ3n) is 4.07. The minimum Gasteiger partial charge on any atom is -0.507 e. The maximum atomic E-state index is 12.0. The molecule has 3 N–H and O–H groups in total. The summed E-state index contributed by atoms with van der Waals surface area (Å²) >= 11 is 3.52. The molecule has 0 aliphatic heterocycles. The molecule has 3 aromatic carbocycles. The van der Waals surface area contributed by atoms with Crippen LogP contribution in [0.5, 0.6) is 11.5 Å². The fraction of sp³-hybridized carbons (Fsp3) is 0.143. The van der Waals surface area contributed by atoms with E-state index >= 15 is 0 Å². The zero-order valence-electron chi connectivity index (χ0n) is 14.9. The lowest BCUT2D eigenvalue weighted by atomic mass is 10.1. The third-order valence-corrected chi connectivity index (χ3v) is 4.89. The standard InChI is InChI=1S/C21H19BrN2O4/c22-20-15-6-2-1-5-14(15)9-10-18(20)28-13-19(26)23-11-12-24-21(27)16-7-3-4-8-17(16)25/h1-10,25H,11-13H2,(H,23,26)(H,24,27). The molecule has 0 saturated heterocycles. The molecule has 2 amide bonds. The molecule has 0 radical (unpaired) electrons. The van der Waals surface area contributed by atoms with Gasteiger partial charge in [0.2, 0.25) is 0 Å². The van der Waals surface area contributed by atoms with Crippen molar-refractivity contribution in [1.29, 1.82) is 0 Å². The van der Waals surface area contributed by atoms with E-state index in [1.165, 1.54) is 12.1 Å². The van der Waals surface area contributed by atoms with Crippen LogP contribution in [0.3, 0.4) is 0 Å². The summed E-state index contributed by atoms with van der Waals surface area (Å²) in [6.45, 7) is 0.351. The molecule has 3 rings (SSSR count). The fourth-order valence-corrected chi connectivity index (χ4v) is 3.27. The molecule has 6 nitrogen and oxygen atoms in total. The summed E-state index contributed by atoms with van der Waals surface area (Å²) in [5, 5.41) is 17.0. The molecule has 0 bridgehead atoms. The van der Waals surface area contributed by atoms with Crippen LogP contribution in [0, 0.1) is 0 Å². The zero-order valence-corrected chi connectivity index (χ0v) is 16.5. The van der Waals surface area contributed by atoms with E-state index in [1.807, 2.05) is 36.4 Å². The summed E-state index contributed by atoms with van der Waals surface area (Å²) in [4.78, 5) is 23.9. The Morgan fingerprint density at radius 2 is 1.64 bits per heavy atom. The van der Waals surface area contributed by atoms with Crippen LogP contribution in [0.4, 0.5) is 0 Å². The molecule has 0 heterocycles. The largest absolute Gasteiger partial charge is 0.507 e. The minimum atomic E-state index is -0.399. The number of phenols is 1. The molecule has 0 aromatic heterocycles. The smallest absolute Gasteiger partial charge is 0.258 e. The van der Waals surface area contributed by atoms with Crippen LogP contribution < -0.4 is 15.4 Å². The number of hydrogen-bond donors (Lipinski definition) is 3. The van der Waals surface area contributed by atoms with Crippen molar-refractivity contribution in [3.05, 3.63) is 70.7 Å². The summed E-state index contributed by atoms with van der Waals surface area (Å²) in [7, 11) is 0. The van der Waals surface area contributed by atoms with E-state index in [4.69, 9.17) is 4.74 Å². The number of rotatable bonds is 7. The van der Waals surface area contributed by atoms with Gasteiger partial charge in [-0.3, -0.25) is 9.59 Å². The van der Waals surface area contributed by atoms with Gasteiger partial charge in [0.1, 0.15) is 11.5 Å². The van der Waals surface area contributed by atoms with Gasteiger partial charge in [-0.1, -0.05) is 42.5 Å². The average molecular weight is 443 g/mol. The number of para-hydroxylation sites is 1. The zero-order chi connectivity index (χ0) is 19.9. The van der Waals surface area contributed by atoms with E-state index in [9.17, 15) is 14.7 Å². The Labute approximate surface area is 170 Å². The number of hydrogen-bond acceptors (Lipinski definition) is 4. The van der Waals surface area contributed by atoms with Crippen molar-refractivity contribution in [1.82, 2.24) is 10.6 Å². The summed E-state index contributed by atoms with van der Waals surface area (Å²) in [5.74, 6) is -0.194. The lowest BCUT2D eigenvalue weighted by Crippen LogP contribution is -2.36. The Bertz CT molecular complexity index is 1010. The predicted molar refractivity (Wildman–Crippen MR) is 111 cm³/mol. The Hall–Kier alpha value is -3.06. The van der Waals surface area contributed by atoms with Gasteiger partial charge in [-0.05, 0) is 44.9 Å². The lowest BCUT2D eigenvalue weighted by molar-refractivity contribution is -0.123. The molecule has 0 spiro atoms. The summed E-state index contributed by atoms with van der Waals surface area (Å²) in [6.07, 6.45) is 0. The van der Waals surface area contributed by atoms with E-state index in [1.54, 1.807) is 12.1 Å². The first-order valence-electron chi connectivity index (χ1n) is 8.69. The van der Waals surface area contributed by atoms with Gasteiger partial charge in [0.05, 0.1) is 10.0 Å². The normalized spacial score (nSPS) is 10.5. The van der Waals surface area contributed by atoms with Gasteiger partial charge in [0.25, 0.3) is 11.8 Å². The Morgan fingerprint density at radius 1 is 0.929 bits per heavy atom. The summed E-state index contributed by atoms with van der Waals surface area (Å²) in [5.41, 5.74) is 0.193. The highest BCUT2D eigenvalue weighted by atomic mass is 79.9. The number of halogens is 1. The van der Waals surface area contributed by atoms with Crippen LogP contribution in [-0.2, 0) is 4.79 Å². The molecule has 0 atom stereocenters. The fourth-order valence-electron chi connectivity index (χ4n) is 2.66. The van der Waals surface area contributed by atoms with Crippen molar-refractivity contribution < 1.29 is 19.4 Å². The Kier molecular flexibility index (Phi) is 6.49. The average Bonchev–Trinajstić information content (AvgIpc) is 2.71.